The normalized spacial score (nSPS) is 12.5. The van der Waals surface area contributed by atoms with Crippen LogP contribution in [0.5, 0.6) is 0 Å². The van der Waals surface area contributed by atoms with E-state index in [2.05, 4.69) is 9.97 Å². The van der Waals surface area contributed by atoms with E-state index in [1.54, 1.807) is 0 Å². The molecular formula is C6H4Cl2N2O. The number of halogens is 2. The number of carbonyl (C=O) groups is 1. The van der Waals surface area contributed by atoms with Gasteiger partial charge in [0, 0.05) is 18.0 Å². The van der Waals surface area contributed by atoms with Crippen LogP contribution < -0.4 is 0 Å². The molecule has 0 aliphatic carbocycles. The molecule has 0 aliphatic rings. The van der Waals surface area contributed by atoms with Crippen LogP contribution in [0, 0.1) is 0 Å². The molecule has 1 atom stereocenters. The highest BCUT2D eigenvalue weighted by Crippen LogP contribution is 2.15. The van der Waals surface area contributed by atoms with E-state index in [1.807, 2.05) is 0 Å². The third kappa shape index (κ3) is 2.13. The Balaban J connectivity index is 2.89. The van der Waals surface area contributed by atoms with Crippen LogP contribution in [-0.2, 0) is 4.79 Å². The van der Waals surface area contributed by atoms with Crippen LogP contribution in [0.25, 0.3) is 0 Å². The van der Waals surface area contributed by atoms with Crippen LogP contribution in [-0.4, -0.2) is 16.3 Å². The smallest absolute Gasteiger partial charge is 0.222 e. The third-order valence-corrected chi connectivity index (χ3v) is 1.63. The second-order valence-electron chi connectivity index (χ2n) is 1.82. The van der Waals surface area contributed by atoms with Crippen molar-refractivity contribution >= 4 is 29.5 Å². The van der Waals surface area contributed by atoms with Crippen molar-refractivity contribution in [1.82, 2.24) is 9.97 Å². The van der Waals surface area contributed by atoms with E-state index in [1.165, 1.54) is 12.4 Å². The lowest BCUT2D eigenvalue weighted by molar-refractivity contribution is -0.107. The summed E-state index contributed by atoms with van der Waals surface area (Å²) in [5, 5.41) is -0.546. The topological polar surface area (TPSA) is 42.9 Å². The number of aromatic nitrogens is 2. The largest absolute Gasteiger partial charge is 0.301 e. The van der Waals surface area contributed by atoms with Gasteiger partial charge in [0.05, 0.1) is 0 Å². The first kappa shape index (κ1) is 8.43. The Morgan fingerprint density at radius 1 is 1.45 bits per heavy atom. The standard InChI is InChI=1S/C6H4Cl2N2O/c7-5(3-11)4-1-9-6(8)10-2-4/h1-3,5H. The second kappa shape index (κ2) is 3.64. The summed E-state index contributed by atoms with van der Waals surface area (Å²) in [6.45, 7) is 0. The Morgan fingerprint density at radius 3 is 2.45 bits per heavy atom. The molecule has 0 aromatic carbocycles. The van der Waals surface area contributed by atoms with Gasteiger partial charge in [-0.3, -0.25) is 0 Å². The maximum absolute atomic E-state index is 10.2. The third-order valence-electron chi connectivity index (χ3n) is 1.08. The van der Waals surface area contributed by atoms with Crippen molar-refractivity contribution in [3.05, 3.63) is 23.2 Å². The van der Waals surface area contributed by atoms with E-state index < -0.39 is 5.38 Å². The van der Waals surface area contributed by atoms with Gasteiger partial charge in [-0.25, -0.2) is 9.97 Å². The Hall–Kier alpha value is -0.670. The van der Waals surface area contributed by atoms with Crippen molar-refractivity contribution in [3.63, 3.8) is 0 Å². The molecule has 3 nitrogen and oxygen atoms in total. The quantitative estimate of drug-likeness (QED) is 0.405. The summed E-state index contributed by atoms with van der Waals surface area (Å²) < 4.78 is 0. The van der Waals surface area contributed by atoms with E-state index in [9.17, 15) is 4.79 Å². The highest BCUT2D eigenvalue weighted by atomic mass is 35.5. The van der Waals surface area contributed by atoms with Crippen LogP contribution in [0.4, 0.5) is 0 Å². The van der Waals surface area contributed by atoms with Crippen molar-refractivity contribution in [3.8, 4) is 0 Å². The lowest BCUT2D eigenvalue weighted by Gasteiger charge is -1.98. The summed E-state index contributed by atoms with van der Waals surface area (Å²) in [6, 6.07) is 0. The molecule has 1 aromatic rings. The Labute approximate surface area is 73.4 Å². The Kier molecular flexibility index (Phi) is 2.79. The highest BCUT2D eigenvalue weighted by molar-refractivity contribution is 6.28. The first-order chi connectivity index (χ1) is 5.24. The Bertz CT molecular complexity index is 249. The van der Waals surface area contributed by atoms with E-state index in [-0.39, 0.29) is 5.28 Å². The van der Waals surface area contributed by atoms with Gasteiger partial charge in [0.15, 0.2) is 0 Å². The highest BCUT2D eigenvalue weighted by Gasteiger charge is 2.05. The number of carbonyl (C=O) groups excluding carboxylic acids is 1. The van der Waals surface area contributed by atoms with Gasteiger partial charge in [-0.1, -0.05) is 0 Å². The molecular weight excluding hydrogens is 187 g/mol. The van der Waals surface area contributed by atoms with Crippen LogP contribution in [0.3, 0.4) is 0 Å². The fourth-order valence-corrected chi connectivity index (χ4v) is 0.754. The lowest BCUT2D eigenvalue weighted by atomic mass is 10.3. The molecule has 1 heterocycles. The summed E-state index contributed by atoms with van der Waals surface area (Å²) in [6.07, 6.45) is 3.44. The van der Waals surface area contributed by atoms with Crippen molar-refractivity contribution in [1.29, 1.82) is 0 Å². The number of rotatable bonds is 2. The molecule has 1 rings (SSSR count). The summed E-state index contributed by atoms with van der Waals surface area (Å²) in [5.41, 5.74) is 0.547. The fourth-order valence-electron chi connectivity index (χ4n) is 0.543. The summed E-state index contributed by atoms with van der Waals surface area (Å²) in [7, 11) is 0. The molecule has 0 radical (unpaired) electrons. The van der Waals surface area contributed by atoms with Gasteiger partial charge in [0.1, 0.15) is 11.7 Å². The van der Waals surface area contributed by atoms with E-state index in [0.29, 0.717) is 11.8 Å². The molecule has 0 fully saturated rings. The summed E-state index contributed by atoms with van der Waals surface area (Å²) in [4.78, 5) is 17.5. The molecule has 0 spiro atoms. The monoisotopic (exact) mass is 190 g/mol. The van der Waals surface area contributed by atoms with Gasteiger partial charge in [-0.15, -0.1) is 11.6 Å². The van der Waals surface area contributed by atoms with Gasteiger partial charge in [0.25, 0.3) is 0 Å². The zero-order chi connectivity index (χ0) is 8.27. The maximum atomic E-state index is 10.2. The summed E-state index contributed by atoms with van der Waals surface area (Å²) >= 11 is 11.0. The molecule has 0 saturated carbocycles. The van der Waals surface area contributed by atoms with Crippen molar-refractivity contribution in [2.45, 2.75) is 5.38 Å². The van der Waals surface area contributed by atoms with E-state index in [0.717, 1.165) is 0 Å². The molecule has 0 bridgehead atoms. The molecule has 0 saturated heterocycles. The zero-order valence-corrected chi connectivity index (χ0v) is 6.88. The first-order valence-corrected chi connectivity index (χ1v) is 3.62. The molecule has 0 amide bonds. The molecule has 11 heavy (non-hydrogen) atoms. The molecule has 1 unspecified atom stereocenters. The predicted molar refractivity (Wildman–Crippen MR) is 41.7 cm³/mol. The minimum atomic E-state index is -0.688. The minimum Gasteiger partial charge on any atom is -0.301 e. The van der Waals surface area contributed by atoms with Gasteiger partial charge in [-0.2, -0.15) is 0 Å². The minimum absolute atomic E-state index is 0.142. The van der Waals surface area contributed by atoms with Crippen molar-refractivity contribution in [2.75, 3.05) is 0 Å². The van der Waals surface area contributed by atoms with Crippen LogP contribution in [0.15, 0.2) is 12.4 Å². The van der Waals surface area contributed by atoms with Gasteiger partial charge >= 0.3 is 0 Å². The summed E-state index contributed by atoms with van der Waals surface area (Å²) in [5.74, 6) is 0. The van der Waals surface area contributed by atoms with Crippen molar-refractivity contribution < 1.29 is 4.79 Å². The molecule has 0 aliphatic heterocycles. The average molecular weight is 191 g/mol. The van der Waals surface area contributed by atoms with Gasteiger partial charge < -0.3 is 4.79 Å². The second-order valence-corrected chi connectivity index (χ2v) is 2.63. The number of hydrogen-bond acceptors (Lipinski definition) is 3. The van der Waals surface area contributed by atoms with Crippen LogP contribution in [0.2, 0.25) is 5.28 Å². The van der Waals surface area contributed by atoms with E-state index >= 15 is 0 Å². The fraction of sp³-hybridized carbons (Fsp3) is 0.167. The molecule has 58 valence electrons. The maximum Gasteiger partial charge on any atom is 0.222 e. The van der Waals surface area contributed by atoms with Gasteiger partial charge in [-0.05, 0) is 11.6 Å². The zero-order valence-electron chi connectivity index (χ0n) is 5.37. The van der Waals surface area contributed by atoms with Crippen LogP contribution in [0.1, 0.15) is 10.9 Å². The Morgan fingerprint density at radius 2 is 2.00 bits per heavy atom. The van der Waals surface area contributed by atoms with Crippen molar-refractivity contribution in [2.24, 2.45) is 0 Å². The van der Waals surface area contributed by atoms with E-state index in [4.69, 9.17) is 23.2 Å². The molecule has 1 aromatic heterocycles. The molecule has 5 heteroatoms. The lowest BCUT2D eigenvalue weighted by Crippen LogP contribution is -1.93. The first-order valence-electron chi connectivity index (χ1n) is 2.81. The van der Waals surface area contributed by atoms with Gasteiger partial charge in [0.2, 0.25) is 5.28 Å². The number of hydrogen-bond donors (Lipinski definition) is 0. The number of aldehydes is 1. The predicted octanol–water partition coefficient (Wildman–Crippen LogP) is 1.61. The number of nitrogens with zero attached hydrogens (tertiary/aromatic N) is 2. The SMILES string of the molecule is O=CC(Cl)c1cnc(Cl)nc1. The van der Waals surface area contributed by atoms with Crippen LogP contribution >= 0.6 is 23.2 Å². The molecule has 0 N–H and O–H groups in total. The number of alkyl halides is 1. The average Bonchev–Trinajstić information content (AvgIpc) is 2.05.